The highest BCUT2D eigenvalue weighted by Crippen LogP contribution is 2.58. The first-order valence-corrected chi connectivity index (χ1v) is 15.9. The van der Waals surface area contributed by atoms with Gasteiger partial charge in [-0.05, 0) is 58.3 Å². The third kappa shape index (κ3) is 4.84. The summed E-state index contributed by atoms with van der Waals surface area (Å²) in [5.74, 6) is -2.90. The Morgan fingerprint density at radius 1 is 1.11 bits per heavy atom. The monoisotopic (exact) mass is 719 g/mol. The Labute approximate surface area is 267 Å². The molecule has 2 amide bonds. The standard InChI is InChI=1S/C31H34IN3O9/c1-16(37)22(27(38)33-9-10-36)34-29(40)31-14-21-23-24(43-30(42-23)12-18-6-2-3-7-19(18)13-30)26(31)44-35(25(31)28(39)41-21)15-17-5-4-8-20(32)11-17/h2-8,11,16,21-26,36-37H,9-10,12-15H2,1H3,(H,33,38)(H,34,40). The molecule has 2 bridgehead atoms. The van der Waals surface area contributed by atoms with Crippen LogP contribution in [0.5, 0.6) is 0 Å². The molecular formula is C31H34IN3O9. The van der Waals surface area contributed by atoms with Crippen molar-refractivity contribution in [2.75, 3.05) is 13.2 Å². The zero-order chi connectivity index (χ0) is 30.8. The first-order chi connectivity index (χ1) is 21.1. The van der Waals surface area contributed by atoms with Gasteiger partial charge in [-0.3, -0.25) is 19.2 Å². The molecule has 4 N–H and O–H groups in total. The fourth-order valence-electron chi connectivity index (χ4n) is 7.54. The number of ether oxygens (including phenoxy) is 3. The van der Waals surface area contributed by atoms with Gasteiger partial charge in [-0.15, -0.1) is 0 Å². The van der Waals surface area contributed by atoms with Crippen molar-refractivity contribution in [3.63, 3.8) is 0 Å². The van der Waals surface area contributed by atoms with Gasteiger partial charge in [0.05, 0.1) is 19.3 Å². The van der Waals surface area contributed by atoms with E-state index < -0.39 is 71.6 Å². The lowest BCUT2D eigenvalue weighted by molar-refractivity contribution is -0.217. The maximum atomic E-state index is 14.5. The Morgan fingerprint density at radius 2 is 1.84 bits per heavy atom. The molecule has 0 radical (unpaired) electrons. The summed E-state index contributed by atoms with van der Waals surface area (Å²) < 4.78 is 20.4. The lowest BCUT2D eigenvalue weighted by atomic mass is 9.62. The molecule has 1 saturated carbocycles. The summed E-state index contributed by atoms with van der Waals surface area (Å²) in [6, 6.07) is 13.3. The highest BCUT2D eigenvalue weighted by molar-refractivity contribution is 14.1. The van der Waals surface area contributed by atoms with Crippen LogP contribution in [0.25, 0.3) is 0 Å². The molecule has 1 spiro atoms. The van der Waals surface area contributed by atoms with Crippen LogP contribution < -0.4 is 10.6 Å². The van der Waals surface area contributed by atoms with E-state index in [4.69, 9.17) is 19.0 Å². The lowest BCUT2D eigenvalue weighted by Crippen LogP contribution is -2.71. The third-order valence-corrected chi connectivity index (χ3v) is 10.1. The predicted molar refractivity (Wildman–Crippen MR) is 160 cm³/mol. The van der Waals surface area contributed by atoms with Crippen LogP contribution in [0.4, 0.5) is 0 Å². The van der Waals surface area contributed by atoms with E-state index in [0.29, 0.717) is 12.8 Å². The molecule has 7 rings (SSSR count). The first kappa shape index (κ1) is 30.0. The minimum atomic E-state index is -1.51. The fourth-order valence-corrected chi connectivity index (χ4v) is 8.15. The normalized spacial score (nSPS) is 32.5. The number of benzene rings is 2. The van der Waals surface area contributed by atoms with Crippen molar-refractivity contribution in [3.05, 3.63) is 68.8 Å². The fraction of sp³-hybridized carbons (Fsp3) is 0.516. The van der Waals surface area contributed by atoms with Crippen molar-refractivity contribution in [2.45, 2.75) is 81.1 Å². The van der Waals surface area contributed by atoms with Gasteiger partial charge in [0.15, 0.2) is 11.8 Å². The van der Waals surface area contributed by atoms with Crippen LogP contribution in [0, 0.1) is 8.99 Å². The number of nitrogens with one attached hydrogen (secondary N) is 2. The second-order valence-electron chi connectivity index (χ2n) is 12.3. The van der Waals surface area contributed by atoms with Crippen LogP contribution in [0.3, 0.4) is 0 Å². The Hall–Kier alpha value is -2.66. The number of esters is 1. The number of aliphatic hydroxyl groups excluding tert-OH is 2. The molecule has 2 aromatic rings. The highest BCUT2D eigenvalue weighted by Gasteiger charge is 2.76. The van der Waals surface area contributed by atoms with Crippen LogP contribution in [0.15, 0.2) is 48.5 Å². The van der Waals surface area contributed by atoms with E-state index in [0.717, 1.165) is 20.3 Å². The topological polar surface area (TPSA) is 156 Å². The lowest BCUT2D eigenvalue weighted by Gasteiger charge is -2.49. The van der Waals surface area contributed by atoms with Crippen molar-refractivity contribution in [1.82, 2.24) is 15.7 Å². The van der Waals surface area contributed by atoms with Crippen molar-refractivity contribution in [3.8, 4) is 0 Å². The molecule has 4 fully saturated rings. The zero-order valence-electron chi connectivity index (χ0n) is 24.0. The number of nitrogens with zero attached hydrogens (tertiary/aromatic N) is 1. The molecule has 12 nitrogen and oxygen atoms in total. The quantitative estimate of drug-likeness (QED) is 0.222. The maximum Gasteiger partial charge on any atom is 0.327 e. The van der Waals surface area contributed by atoms with E-state index in [-0.39, 0.29) is 26.1 Å². The number of aliphatic hydroxyl groups is 2. The molecule has 2 aliphatic carbocycles. The van der Waals surface area contributed by atoms with E-state index in [1.54, 1.807) is 0 Å². The number of carbonyl (C=O) groups excluding carboxylic acids is 3. The van der Waals surface area contributed by atoms with Crippen molar-refractivity contribution < 1.29 is 43.6 Å². The van der Waals surface area contributed by atoms with Gasteiger partial charge in [0, 0.05) is 29.4 Å². The Morgan fingerprint density at radius 3 is 2.52 bits per heavy atom. The average Bonchev–Trinajstić information content (AvgIpc) is 3.66. The molecular weight excluding hydrogens is 685 g/mol. The third-order valence-electron chi connectivity index (χ3n) is 9.40. The molecule has 2 aromatic carbocycles. The smallest absolute Gasteiger partial charge is 0.327 e. The number of hydroxylamine groups is 2. The van der Waals surface area contributed by atoms with E-state index in [1.165, 1.54) is 12.0 Å². The Kier molecular flexibility index (Phi) is 7.71. The average molecular weight is 720 g/mol. The minimum absolute atomic E-state index is 0.0467. The van der Waals surface area contributed by atoms with E-state index in [2.05, 4.69) is 33.2 Å². The summed E-state index contributed by atoms with van der Waals surface area (Å²) >= 11 is 2.21. The molecule has 13 heteroatoms. The largest absolute Gasteiger partial charge is 0.458 e. The van der Waals surface area contributed by atoms with Crippen molar-refractivity contribution >= 4 is 40.4 Å². The van der Waals surface area contributed by atoms with Gasteiger partial charge in [0.1, 0.15) is 35.9 Å². The van der Waals surface area contributed by atoms with E-state index in [9.17, 15) is 24.6 Å². The summed E-state index contributed by atoms with van der Waals surface area (Å²) in [6.45, 7) is 1.23. The zero-order valence-corrected chi connectivity index (χ0v) is 26.1. The van der Waals surface area contributed by atoms with Gasteiger partial charge in [0.2, 0.25) is 11.8 Å². The summed E-state index contributed by atoms with van der Waals surface area (Å²) in [4.78, 5) is 47.8. The molecule has 8 unspecified atom stereocenters. The molecule has 5 aliphatic rings. The minimum Gasteiger partial charge on any atom is -0.458 e. The molecule has 3 heterocycles. The molecule has 0 aromatic heterocycles. The van der Waals surface area contributed by atoms with E-state index in [1.807, 2.05) is 48.5 Å². The molecule has 234 valence electrons. The van der Waals surface area contributed by atoms with Crippen LogP contribution in [-0.4, -0.2) is 94.6 Å². The van der Waals surface area contributed by atoms with Crippen LogP contribution in [-0.2, 0) is 52.8 Å². The van der Waals surface area contributed by atoms with Gasteiger partial charge in [0.25, 0.3) is 0 Å². The van der Waals surface area contributed by atoms with Gasteiger partial charge in [-0.1, -0.05) is 36.4 Å². The number of amides is 2. The Bertz CT molecular complexity index is 1460. The molecule has 3 saturated heterocycles. The van der Waals surface area contributed by atoms with Crippen LogP contribution >= 0.6 is 22.6 Å². The predicted octanol–water partition coefficient (Wildman–Crippen LogP) is 0.344. The number of fused-ring (bicyclic) bond motifs is 5. The first-order valence-electron chi connectivity index (χ1n) is 14.8. The van der Waals surface area contributed by atoms with E-state index >= 15 is 0 Å². The van der Waals surface area contributed by atoms with Crippen molar-refractivity contribution in [1.29, 1.82) is 0 Å². The highest BCUT2D eigenvalue weighted by atomic mass is 127. The molecule has 8 atom stereocenters. The van der Waals surface area contributed by atoms with Gasteiger partial charge < -0.3 is 35.1 Å². The van der Waals surface area contributed by atoms with Gasteiger partial charge in [-0.25, -0.2) is 0 Å². The summed E-state index contributed by atoms with van der Waals surface area (Å²) in [5, 5.41) is 26.4. The number of hydrogen-bond acceptors (Lipinski definition) is 10. The number of halogens is 1. The summed E-state index contributed by atoms with van der Waals surface area (Å²) in [6.07, 6.45) is -3.31. The summed E-state index contributed by atoms with van der Waals surface area (Å²) in [5.41, 5.74) is 1.58. The molecule has 44 heavy (non-hydrogen) atoms. The number of rotatable bonds is 8. The second-order valence-corrected chi connectivity index (χ2v) is 13.5. The number of carbonyl (C=O) groups is 3. The maximum absolute atomic E-state index is 14.5. The van der Waals surface area contributed by atoms with Gasteiger partial charge >= 0.3 is 5.97 Å². The summed E-state index contributed by atoms with van der Waals surface area (Å²) in [7, 11) is 0. The van der Waals surface area contributed by atoms with Crippen LogP contribution in [0.1, 0.15) is 30.0 Å². The van der Waals surface area contributed by atoms with Crippen molar-refractivity contribution in [2.24, 2.45) is 5.41 Å². The Balaban J connectivity index is 1.26. The molecule has 3 aliphatic heterocycles. The van der Waals surface area contributed by atoms with Crippen LogP contribution in [0.2, 0.25) is 0 Å². The van der Waals surface area contributed by atoms with Gasteiger partial charge in [-0.2, -0.15) is 5.06 Å². The second kappa shape index (κ2) is 11.3. The SMILES string of the molecule is CC(O)C(NC(=O)C12CC3OC(=O)C1N(Cc1cccc(I)c1)OC2C1OC2(Cc4ccccc4C2)OC31)C(=O)NCCO. The number of hydrogen-bond donors (Lipinski definition) is 4.